The van der Waals surface area contributed by atoms with Crippen LogP contribution < -0.4 is 19.7 Å². The van der Waals surface area contributed by atoms with Crippen molar-refractivity contribution < 1.29 is 23.5 Å². The van der Waals surface area contributed by atoms with E-state index in [1.807, 2.05) is 31.2 Å². The molecule has 1 aliphatic heterocycles. The lowest BCUT2D eigenvalue weighted by Gasteiger charge is -2.34. The second-order valence-corrected chi connectivity index (χ2v) is 9.46. The summed E-state index contributed by atoms with van der Waals surface area (Å²) < 4.78 is 25.3. The van der Waals surface area contributed by atoms with Gasteiger partial charge >= 0.3 is 0 Å². The molecule has 192 valence electrons. The van der Waals surface area contributed by atoms with Crippen LogP contribution in [-0.4, -0.2) is 31.1 Å². The summed E-state index contributed by atoms with van der Waals surface area (Å²) in [5.74, 6) is 0.0355. The largest absolute Gasteiger partial charge is 0.486 e. The Bertz CT molecular complexity index is 1270. The van der Waals surface area contributed by atoms with Crippen LogP contribution in [0.1, 0.15) is 60.1 Å². The van der Waals surface area contributed by atoms with E-state index >= 15 is 0 Å². The van der Waals surface area contributed by atoms with Crippen molar-refractivity contribution in [1.82, 2.24) is 5.32 Å². The molecule has 6 nitrogen and oxygen atoms in total. The summed E-state index contributed by atoms with van der Waals surface area (Å²) in [7, 11) is 0. The van der Waals surface area contributed by atoms with Gasteiger partial charge in [-0.25, -0.2) is 4.39 Å². The summed E-state index contributed by atoms with van der Waals surface area (Å²) in [5, 5.41) is 3.16. The van der Waals surface area contributed by atoms with Crippen molar-refractivity contribution in [2.75, 3.05) is 18.1 Å². The van der Waals surface area contributed by atoms with Crippen LogP contribution in [0, 0.1) is 5.82 Å². The molecule has 7 heteroatoms. The lowest BCUT2D eigenvalue weighted by Crippen LogP contribution is -2.46. The van der Waals surface area contributed by atoms with Gasteiger partial charge in [-0.1, -0.05) is 50.1 Å². The zero-order valence-corrected chi connectivity index (χ0v) is 20.9. The van der Waals surface area contributed by atoms with Gasteiger partial charge in [0.05, 0.1) is 0 Å². The predicted octanol–water partition coefficient (Wildman–Crippen LogP) is 5.61. The number of halogens is 1. The lowest BCUT2D eigenvalue weighted by molar-refractivity contribution is -0.123. The molecule has 1 aliphatic carbocycles. The van der Waals surface area contributed by atoms with Gasteiger partial charge in [0.25, 0.3) is 5.91 Å². The van der Waals surface area contributed by atoms with E-state index in [1.54, 1.807) is 35.2 Å². The van der Waals surface area contributed by atoms with Crippen LogP contribution in [0.3, 0.4) is 0 Å². The van der Waals surface area contributed by atoms with E-state index in [1.165, 1.54) is 12.1 Å². The highest BCUT2D eigenvalue weighted by molar-refractivity contribution is 6.10. The zero-order valence-electron chi connectivity index (χ0n) is 20.9. The Morgan fingerprint density at radius 3 is 2.41 bits per heavy atom. The highest BCUT2D eigenvalue weighted by Gasteiger charge is 2.36. The van der Waals surface area contributed by atoms with E-state index in [0.717, 1.165) is 31.2 Å². The number of carbonyl (C=O) groups is 2. The molecule has 1 fully saturated rings. The van der Waals surface area contributed by atoms with Gasteiger partial charge in [-0.15, -0.1) is 0 Å². The third kappa shape index (κ3) is 5.31. The maximum atomic E-state index is 14.3. The first-order valence-corrected chi connectivity index (χ1v) is 12.9. The van der Waals surface area contributed by atoms with E-state index in [-0.39, 0.29) is 17.9 Å². The molecule has 3 aromatic rings. The number of hydrogen-bond acceptors (Lipinski definition) is 4. The first-order valence-electron chi connectivity index (χ1n) is 12.9. The number of hydrogen-bond donors (Lipinski definition) is 1. The third-order valence-corrected chi connectivity index (χ3v) is 7.03. The maximum Gasteiger partial charge on any atom is 0.259 e. The average molecular weight is 503 g/mol. The Kier molecular flexibility index (Phi) is 7.40. The van der Waals surface area contributed by atoms with Crippen LogP contribution in [0.25, 0.3) is 0 Å². The van der Waals surface area contributed by atoms with E-state index in [0.29, 0.717) is 47.9 Å². The predicted molar refractivity (Wildman–Crippen MR) is 140 cm³/mol. The molecule has 1 N–H and O–H groups in total. The minimum absolute atomic E-state index is 0.0584. The minimum atomic E-state index is -0.991. The third-order valence-electron chi connectivity index (χ3n) is 7.03. The maximum absolute atomic E-state index is 14.3. The van der Waals surface area contributed by atoms with Gasteiger partial charge in [0.15, 0.2) is 11.5 Å². The Hall–Kier alpha value is -3.87. The van der Waals surface area contributed by atoms with Crippen LogP contribution in [0.4, 0.5) is 10.1 Å². The fourth-order valence-corrected chi connectivity index (χ4v) is 5.14. The fraction of sp³-hybridized carbons (Fsp3) is 0.333. The molecule has 1 saturated carbocycles. The summed E-state index contributed by atoms with van der Waals surface area (Å²) in [6.07, 6.45) is 4.60. The van der Waals surface area contributed by atoms with Crippen molar-refractivity contribution in [1.29, 1.82) is 0 Å². The molecule has 0 saturated heterocycles. The topological polar surface area (TPSA) is 67.9 Å². The molecule has 0 spiro atoms. The summed E-state index contributed by atoms with van der Waals surface area (Å²) >= 11 is 0. The fourth-order valence-electron chi connectivity index (χ4n) is 5.14. The van der Waals surface area contributed by atoms with Crippen LogP contribution in [0.2, 0.25) is 0 Å². The first-order chi connectivity index (χ1) is 18.0. The number of nitrogens with one attached hydrogen (secondary N) is 1. The number of anilines is 1. The van der Waals surface area contributed by atoms with E-state index < -0.39 is 11.9 Å². The Morgan fingerprint density at radius 2 is 1.68 bits per heavy atom. The highest BCUT2D eigenvalue weighted by atomic mass is 19.1. The van der Waals surface area contributed by atoms with Crippen LogP contribution in [0.15, 0.2) is 66.7 Å². The normalized spacial score (nSPS) is 15.7. The molecule has 0 bridgehead atoms. The average Bonchev–Trinajstić information content (AvgIpc) is 3.44. The van der Waals surface area contributed by atoms with Crippen molar-refractivity contribution in [3.63, 3.8) is 0 Å². The van der Waals surface area contributed by atoms with Crippen molar-refractivity contribution in [2.24, 2.45) is 0 Å². The van der Waals surface area contributed by atoms with Crippen molar-refractivity contribution in [3.05, 3.63) is 89.2 Å². The van der Waals surface area contributed by atoms with Crippen molar-refractivity contribution in [3.8, 4) is 11.5 Å². The van der Waals surface area contributed by atoms with Crippen molar-refractivity contribution in [2.45, 2.75) is 51.1 Å². The van der Waals surface area contributed by atoms with Gasteiger partial charge in [-0.2, -0.15) is 0 Å². The number of amides is 2. The van der Waals surface area contributed by atoms with E-state index in [4.69, 9.17) is 9.47 Å². The molecule has 0 aromatic heterocycles. The Labute approximate surface area is 216 Å². The molecule has 3 aromatic carbocycles. The standard InChI is InChI=1S/C30H31FN2O4/c1-2-20-7-3-6-10-25(20)33(30(35)22-13-16-26-27(19-22)37-18-17-36-26)28(21-11-14-23(31)15-12-21)29(34)32-24-8-4-5-9-24/h3,6-7,10-16,19,24,28H,2,4-5,8-9,17-18H2,1H3,(H,32,34)/t28-/m0/s1. The van der Waals surface area contributed by atoms with Crippen LogP contribution in [0.5, 0.6) is 11.5 Å². The van der Waals surface area contributed by atoms with Gasteiger partial charge in [-0.3, -0.25) is 14.5 Å². The highest BCUT2D eigenvalue weighted by Crippen LogP contribution is 2.36. The second-order valence-electron chi connectivity index (χ2n) is 9.46. The molecule has 2 aliphatic rings. The molecule has 1 atom stereocenters. The van der Waals surface area contributed by atoms with Crippen LogP contribution >= 0.6 is 0 Å². The summed E-state index contributed by atoms with van der Waals surface area (Å²) in [5.41, 5.74) is 2.47. The quantitative estimate of drug-likeness (QED) is 0.456. The second kappa shape index (κ2) is 11.0. The molecule has 0 unspecified atom stereocenters. The van der Waals surface area contributed by atoms with E-state index in [2.05, 4.69) is 5.32 Å². The number of ether oxygens (including phenoxy) is 2. The van der Waals surface area contributed by atoms with Crippen LogP contribution in [-0.2, 0) is 11.2 Å². The van der Waals surface area contributed by atoms with E-state index in [9.17, 15) is 14.0 Å². The Balaban J connectivity index is 1.63. The summed E-state index contributed by atoms with van der Waals surface area (Å²) in [4.78, 5) is 29.8. The van der Waals surface area contributed by atoms with Gasteiger partial charge in [-0.05, 0) is 66.8 Å². The molecular formula is C30H31FN2O4. The molecular weight excluding hydrogens is 471 g/mol. The summed E-state index contributed by atoms with van der Waals surface area (Å²) in [6.45, 7) is 2.86. The lowest BCUT2D eigenvalue weighted by atomic mass is 9.99. The molecule has 37 heavy (non-hydrogen) atoms. The van der Waals surface area contributed by atoms with Gasteiger partial charge in [0.1, 0.15) is 25.1 Å². The molecule has 1 heterocycles. The van der Waals surface area contributed by atoms with Gasteiger partial charge < -0.3 is 14.8 Å². The minimum Gasteiger partial charge on any atom is -0.486 e. The number of benzene rings is 3. The van der Waals surface area contributed by atoms with Gasteiger partial charge in [0.2, 0.25) is 5.91 Å². The molecule has 5 rings (SSSR count). The number of aryl methyl sites for hydroxylation is 1. The number of carbonyl (C=O) groups excluding carboxylic acids is 2. The molecule has 0 radical (unpaired) electrons. The SMILES string of the molecule is CCc1ccccc1N(C(=O)c1ccc2c(c1)OCCO2)[C@H](C(=O)NC1CCCC1)c1ccc(F)cc1. The number of fused-ring (bicyclic) bond motifs is 1. The Morgan fingerprint density at radius 1 is 0.973 bits per heavy atom. The number of nitrogens with zero attached hydrogens (tertiary/aromatic N) is 1. The number of rotatable bonds is 7. The summed E-state index contributed by atoms with van der Waals surface area (Å²) in [6, 6.07) is 17.5. The monoisotopic (exact) mass is 502 g/mol. The molecule has 2 amide bonds. The first kappa shape index (κ1) is 24.8. The zero-order chi connectivity index (χ0) is 25.8. The van der Waals surface area contributed by atoms with Crippen molar-refractivity contribution >= 4 is 17.5 Å². The smallest absolute Gasteiger partial charge is 0.259 e. The van der Waals surface area contributed by atoms with Gasteiger partial charge in [0, 0.05) is 17.3 Å². The number of para-hydroxylation sites is 1.